The van der Waals surface area contributed by atoms with Crippen LogP contribution in [0.3, 0.4) is 0 Å². The molecule has 2 aliphatic rings. The van der Waals surface area contributed by atoms with Crippen LogP contribution in [0.15, 0.2) is 36.9 Å². The molecule has 0 spiro atoms. The topological polar surface area (TPSA) is 75.9 Å². The number of urea groups is 1. The summed E-state index contributed by atoms with van der Waals surface area (Å²) in [7, 11) is 1.64. The first-order chi connectivity index (χ1) is 15.3. The average Bonchev–Trinajstić information content (AvgIpc) is 2.80. The molecule has 0 bridgehead atoms. The second kappa shape index (κ2) is 8.69. The normalized spacial score (nSPS) is 20.7. The maximum atomic E-state index is 14.0. The van der Waals surface area contributed by atoms with Crippen molar-refractivity contribution in [3.8, 4) is 5.75 Å². The SMILES string of the molecule is C=Cc1ccc(C)c2c1N(c1ccc(C)c(OC)c1)C(=O)N(C1CCC(C(N)=O)CC1)C2. The largest absolute Gasteiger partial charge is 0.496 e. The summed E-state index contributed by atoms with van der Waals surface area (Å²) in [5, 5.41) is 0. The van der Waals surface area contributed by atoms with Crippen molar-refractivity contribution in [1.82, 2.24) is 4.90 Å². The third kappa shape index (κ3) is 3.74. The average molecular weight is 434 g/mol. The molecule has 1 fully saturated rings. The lowest BCUT2D eigenvalue weighted by atomic mass is 9.84. The van der Waals surface area contributed by atoms with E-state index in [2.05, 4.69) is 19.6 Å². The lowest BCUT2D eigenvalue weighted by Gasteiger charge is -2.44. The number of carbonyl (C=O) groups excluding carboxylic acids is 2. The summed E-state index contributed by atoms with van der Waals surface area (Å²) in [6, 6.07) is 9.97. The van der Waals surface area contributed by atoms with E-state index in [0.717, 1.165) is 65.1 Å². The molecule has 1 saturated carbocycles. The van der Waals surface area contributed by atoms with E-state index in [1.807, 2.05) is 36.1 Å². The number of nitrogens with two attached hydrogens (primary N) is 1. The first kappa shape index (κ1) is 21.9. The number of nitrogens with zero attached hydrogens (tertiary/aromatic N) is 2. The summed E-state index contributed by atoms with van der Waals surface area (Å²) in [4.78, 5) is 29.3. The highest BCUT2D eigenvalue weighted by Gasteiger charge is 2.39. The molecule has 3 amide bonds. The van der Waals surface area contributed by atoms with Crippen molar-refractivity contribution in [3.63, 3.8) is 0 Å². The van der Waals surface area contributed by atoms with Gasteiger partial charge in [0.1, 0.15) is 5.75 Å². The van der Waals surface area contributed by atoms with Crippen LogP contribution in [0.4, 0.5) is 16.2 Å². The Kier molecular flexibility index (Phi) is 5.96. The van der Waals surface area contributed by atoms with Gasteiger partial charge in [-0.25, -0.2) is 4.79 Å². The standard InChI is InChI=1S/C26H31N3O3/c1-5-18-8-6-16(2)22-15-28(20-12-9-19(10-13-20)25(27)30)26(31)29(24(18)22)21-11-7-17(3)23(14-21)32-4/h5-8,11,14,19-20H,1,9-10,12-13,15H2,2-4H3,(H2,27,30). The molecule has 2 aromatic rings. The van der Waals surface area contributed by atoms with Gasteiger partial charge in [0.05, 0.1) is 25.0 Å². The number of carbonyl (C=O) groups is 2. The van der Waals surface area contributed by atoms with Gasteiger partial charge in [0.15, 0.2) is 0 Å². The van der Waals surface area contributed by atoms with Gasteiger partial charge in [0, 0.05) is 18.0 Å². The second-order valence-electron chi connectivity index (χ2n) is 8.81. The number of methoxy groups -OCH3 is 1. The number of amides is 3. The number of hydrogen-bond acceptors (Lipinski definition) is 3. The van der Waals surface area contributed by atoms with Crippen molar-refractivity contribution >= 4 is 29.4 Å². The lowest BCUT2D eigenvalue weighted by molar-refractivity contribution is -0.123. The molecule has 0 radical (unpaired) electrons. The van der Waals surface area contributed by atoms with Gasteiger partial charge in [0.25, 0.3) is 0 Å². The minimum Gasteiger partial charge on any atom is -0.496 e. The van der Waals surface area contributed by atoms with Crippen LogP contribution < -0.4 is 15.4 Å². The predicted molar refractivity (Wildman–Crippen MR) is 127 cm³/mol. The summed E-state index contributed by atoms with van der Waals surface area (Å²) in [5.41, 5.74) is 11.4. The maximum Gasteiger partial charge on any atom is 0.329 e. The van der Waals surface area contributed by atoms with Gasteiger partial charge in [-0.2, -0.15) is 0 Å². The monoisotopic (exact) mass is 433 g/mol. The number of aryl methyl sites for hydroxylation is 2. The molecule has 168 valence electrons. The van der Waals surface area contributed by atoms with E-state index >= 15 is 0 Å². The Balaban J connectivity index is 1.80. The fourth-order valence-corrected chi connectivity index (χ4v) is 4.99. The molecule has 4 rings (SSSR count). The molecular formula is C26H31N3O3. The third-order valence-electron chi connectivity index (χ3n) is 6.95. The molecule has 32 heavy (non-hydrogen) atoms. The van der Waals surface area contributed by atoms with Crippen LogP contribution in [0.5, 0.6) is 5.75 Å². The third-order valence-corrected chi connectivity index (χ3v) is 6.95. The van der Waals surface area contributed by atoms with E-state index in [0.29, 0.717) is 6.54 Å². The number of anilines is 2. The molecule has 1 heterocycles. The van der Waals surface area contributed by atoms with Crippen LogP contribution in [-0.4, -0.2) is 30.0 Å². The first-order valence-corrected chi connectivity index (χ1v) is 11.1. The van der Waals surface area contributed by atoms with Gasteiger partial charge < -0.3 is 15.4 Å². The van der Waals surface area contributed by atoms with Gasteiger partial charge in [-0.1, -0.05) is 30.9 Å². The highest BCUT2D eigenvalue weighted by Crippen LogP contribution is 2.43. The number of fused-ring (bicyclic) bond motifs is 1. The van der Waals surface area contributed by atoms with Crippen molar-refractivity contribution in [2.45, 2.75) is 52.1 Å². The molecule has 6 nitrogen and oxygen atoms in total. The summed E-state index contributed by atoms with van der Waals surface area (Å²) < 4.78 is 5.54. The van der Waals surface area contributed by atoms with Crippen LogP contribution >= 0.6 is 0 Å². The maximum absolute atomic E-state index is 14.0. The van der Waals surface area contributed by atoms with Crippen molar-refractivity contribution in [3.05, 3.63) is 59.2 Å². The summed E-state index contributed by atoms with van der Waals surface area (Å²) in [5.74, 6) is 0.410. The Hall–Kier alpha value is -3.28. The van der Waals surface area contributed by atoms with E-state index in [-0.39, 0.29) is 23.9 Å². The van der Waals surface area contributed by atoms with E-state index in [1.54, 1.807) is 18.1 Å². The summed E-state index contributed by atoms with van der Waals surface area (Å²) in [6.07, 6.45) is 4.80. The molecular weight excluding hydrogens is 402 g/mol. The van der Waals surface area contributed by atoms with Gasteiger partial charge in [-0.15, -0.1) is 0 Å². The van der Waals surface area contributed by atoms with Gasteiger partial charge >= 0.3 is 6.03 Å². The van der Waals surface area contributed by atoms with Gasteiger partial charge in [-0.05, 0) is 67.9 Å². The Bertz CT molecular complexity index is 1070. The van der Waals surface area contributed by atoms with E-state index in [1.165, 1.54) is 0 Å². The minimum absolute atomic E-state index is 0.0559. The number of hydrogen-bond donors (Lipinski definition) is 1. The second-order valence-corrected chi connectivity index (χ2v) is 8.81. The zero-order chi connectivity index (χ0) is 23.0. The molecule has 0 unspecified atom stereocenters. The van der Waals surface area contributed by atoms with Crippen molar-refractivity contribution in [2.24, 2.45) is 11.7 Å². The Morgan fingerprint density at radius 3 is 2.44 bits per heavy atom. The lowest BCUT2D eigenvalue weighted by Crippen LogP contribution is -2.51. The summed E-state index contributed by atoms with van der Waals surface area (Å²) >= 11 is 0. The smallest absolute Gasteiger partial charge is 0.329 e. The van der Waals surface area contributed by atoms with Crippen LogP contribution in [0, 0.1) is 19.8 Å². The molecule has 0 atom stereocenters. The van der Waals surface area contributed by atoms with Crippen LogP contribution in [0.1, 0.15) is 47.9 Å². The number of ether oxygens (including phenoxy) is 1. The van der Waals surface area contributed by atoms with E-state index in [4.69, 9.17) is 10.5 Å². The molecule has 2 N–H and O–H groups in total. The van der Waals surface area contributed by atoms with Crippen molar-refractivity contribution in [2.75, 3.05) is 12.0 Å². The fraction of sp³-hybridized carbons (Fsp3) is 0.385. The van der Waals surface area contributed by atoms with E-state index in [9.17, 15) is 9.59 Å². The minimum atomic E-state index is -0.237. The number of primary amides is 1. The first-order valence-electron chi connectivity index (χ1n) is 11.1. The zero-order valence-electron chi connectivity index (χ0n) is 19.1. The highest BCUT2D eigenvalue weighted by atomic mass is 16.5. The molecule has 0 aromatic heterocycles. The van der Waals surface area contributed by atoms with E-state index < -0.39 is 0 Å². The quantitative estimate of drug-likeness (QED) is 0.715. The molecule has 0 saturated heterocycles. The van der Waals surface area contributed by atoms with Crippen LogP contribution in [-0.2, 0) is 11.3 Å². The highest BCUT2D eigenvalue weighted by molar-refractivity contribution is 6.04. The molecule has 1 aliphatic heterocycles. The molecule has 2 aromatic carbocycles. The zero-order valence-corrected chi connectivity index (χ0v) is 19.1. The predicted octanol–water partition coefficient (Wildman–Crippen LogP) is 5.07. The Labute approximate surface area is 189 Å². The van der Waals surface area contributed by atoms with Crippen LogP contribution in [0.25, 0.3) is 6.08 Å². The van der Waals surface area contributed by atoms with Crippen molar-refractivity contribution in [1.29, 1.82) is 0 Å². The van der Waals surface area contributed by atoms with Gasteiger partial charge in [-0.3, -0.25) is 9.69 Å². The molecule has 6 heteroatoms. The fourth-order valence-electron chi connectivity index (χ4n) is 4.99. The Morgan fingerprint density at radius 1 is 1.12 bits per heavy atom. The number of benzene rings is 2. The van der Waals surface area contributed by atoms with Gasteiger partial charge in [0.2, 0.25) is 5.91 Å². The van der Waals surface area contributed by atoms with Crippen molar-refractivity contribution < 1.29 is 14.3 Å². The number of rotatable bonds is 5. The summed E-state index contributed by atoms with van der Waals surface area (Å²) in [6.45, 7) is 8.60. The van der Waals surface area contributed by atoms with Crippen LogP contribution in [0.2, 0.25) is 0 Å². The molecule has 1 aliphatic carbocycles. The Morgan fingerprint density at radius 2 is 1.81 bits per heavy atom.